The summed E-state index contributed by atoms with van der Waals surface area (Å²) in [7, 11) is 0. The molecule has 6 heteroatoms. The van der Waals surface area contributed by atoms with Gasteiger partial charge in [-0.05, 0) is 18.1 Å². The molecule has 31 heavy (non-hydrogen) atoms. The largest absolute Gasteiger partial charge is 0.339 e. The lowest BCUT2D eigenvalue weighted by Crippen LogP contribution is -2.52. The molecule has 2 unspecified atom stereocenters. The van der Waals surface area contributed by atoms with Crippen LogP contribution in [0.15, 0.2) is 60.7 Å². The summed E-state index contributed by atoms with van der Waals surface area (Å²) in [6, 6.07) is 19.6. The molecule has 0 radical (unpaired) electrons. The second kappa shape index (κ2) is 9.33. The zero-order valence-corrected chi connectivity index (χ0v) is 17.9. The van der Waals surface area contributed by atoms with Gasteiger partial charge in [-0.25, -0.2) is 0 Å². The molecule has 0 spiro atoms. The van der Waals surface area contributed by atoms with Gasteiger partial charge in [-0.2, -0.15) is 0 Å². The SMILES string of the molecule is CC(c1ccccc1)N1CC(C(=O)N2CCN(C(=O)Cc3ccccc3)CC2)CC1=O. The van der Waals surface area contributed by atoms with Gasteiger partial charge in [-0.15, -0.1) is 0 Å². The van der Waals surface area contributed by atoms with E-state index in [4.69, 9.17) is 0 Å². The molecule has 2 aliphatic heterocycles. The molecular formula is C25H29N3O3. The molecular weight excluding hydrogens is 390 g/mol. The minimum Gasteiger partial charge on any atom is -0.339 e. The third-order valence-electron chi connectivity index (χ3n) is 6.40. The minimum atomic E-state index is -0.301. The van der Waals surface area contributed by atoms with E-state index in [-0.39, 0.29) is 36.1 Å². The van der Waals surface area contributed by atoms with Gasteiger partial charge in [-0.1, -0.05) is 60.7 Å². The highest BCUT2D eigenvalue weighted by Crippen LogP contribution is 2.29. The quantitative estimate of drug-likeness (QED) is 0.748. The molecule has 2 saturated heterocycles. The van der Waals surface area contributed by atoms with E-state index in [2.05, 4.69) is 0 Å². The zero-order valence-electron chi connectivity index (χ0n) is 17.9. The fraction of sp³-hybridized carbons (Fsp3) is 0.400. The average Bonchev–Trinajstić information content (AvgIpc) is 3.21. The first-order valence-electron chi connectivity index (χ1n) is 11.0. The van der Waals surface area contributed by atoms with Gasteiger partial charge >= 0.3 is 0 Å². The second-order valence-electron chi connectivity index (χ2n) is 8.40. The van der Waals surface area contributed by atoms with E-state index in [1.54, 1.807) is 0 Å². The van der Waals surface area contributed by atoms with Gasteiger partial charge in [0.15, 0.2) is 0 Å². The van der Waals surface area contributed by atoms with Crippen LogP contribution in [0.3, 0.4) is 0 Å². The zero-order chi connectivity index (χ0) is 21.8. The summed E-state index contributed by atoms with van der Waals surface area (Å²) in [6.07, 6.45) is 0.654. The van der Waals surface area contributed by atoms with Crippen molar-refractivity contribution in [3.05, 3.63) is 71.8 Å². The number of amides is 3. The molecule has 0 saturated carbocycles. The van der Waals surface area contributed by atoms with Crippen LogP contribution in [0.2, 0.25) is 0 Å². The van der Waals surface area contributed by atoms with Crippen LogP contribution in [0.4, 0.5) is 0 Å². The van der Waals surface area contributed by atoms with Crippen LogP contribution < -0.4 is 0 Å². The fourth-order valence-corrected chi connectivity index (χ4v) is 4.50. The first-order chi connectivity index (χ1) is 15.0. The lowest BCUT2D eigenvalue weighted by molar-refractivity contribution is -0.141. The Morgan fingerprint density at radius 2 is 1.48 bits per heavy atom. The van der Waals surface area contributed by atoms with Gasteiger partial charge in [0.1, 0.15) is 0 Å². The first kappa shape index (κ1) is 21.1. The van der Waals surface area contributed by atoms with Crippen molar-refractivity contribution in [2.75, 3.05) is 32.7 Å². The van der Waals surface area contributed by atoms with Crippen molar-refractivity contribution in [1.29, 1.82) is 0 Å². The van der Waals surface area contributed by atoms with Crippen LogP contribution >= 0.6 is 0 Å². The Labute approximate surface area is 183 Å². The summed E-state index contributed by atoms with van der Waals surface area (Å²) in [5.41, 5.74) is 2.08. The maximum atomic E-state index is 13.1. The van der Waals surface area contributed by atoms with E-state index in [9.17, 15) is 14.4 Å². The molecule has 162 valence electrons. The van der Waals surface area contributed by atoms with E-state index in [1.165, 1.54) is 0 Å². The van der Waals surface area contributed by atoms with Gasteiger partial charge in [0, 0.05) is 39.1 Å². The molecule has 0 bridgehead atoms. The standard InChI is InChI=1S/C25H29N3O3/c1-19(21-10-6-3-7-11-21)28-18-22(17-24(28)30)25(31)27-14-12-26(13-15-27)23(29)16-20-8-4-2-5-9-20/h2-11,19,22H,12-18H2,1H3. The first-order valence-corrected chi connectivity index (χ1v) is 11.0. The molecule has 6 nitrogen and oxygen atoms in total. The molecule has 2 aromatic carbocycles. The smallest absolute Gasteiger partial charge is 0.228 e. The molecule has 2 heterocycles. The van der Waals surface area contributed by atoms with Gasteiger partial charge in [0.2, 0.25) is 17.7 Å². The molecule has 2 aromatic rings. The van der Waals surface area contributed by atoms with Gasteiger partial charge in [0.05, 0.1) is 18.4 Å². The van der Waals surface area contributed by atoms with Crippen molar-refractivity contribution in [2.24, 2.45) is 5.92 Å². The highest BCUT2D eigenvalue weighted by Gasteiger charge is 2.39. The Kier molecular flexibility index (Phi) is 6.35. The predicted molar refractivity (Wildman–Crippen MR) is 118 cm³/mol. The number of carbonyl (C=O) groups excluding carboxylic acids is 3. The lowest BCUT2D eigenvalue weighted by Gasteiger charge is -2.36. The van der Waals surface area contributed by atoms with Crippen molar-refractivity contribution in [3.8, 4) is 0 Å². The predicted octanol–water partition coefficient (Wildman–Crippen LogP) is 2.51. The van der Waals surface area contributed by atoms with Crippen molar-refractivity contribution < 1.29 is 14.4 Å². The summed E-state index contributed by atoms with van der Waals surface area (Å²) >= 11 is 0. The molecule has 2 aliphatic rings. The van der Waals surface area contributed by atoms with Crippen LogP contribution in [0, 0.1) is 5.92 Å². The van der Waals surface area contributed by atoms with E-state index >= 15 is 0 Å². The maximum Gasteiger partial charge on any atom is 0.228 e. The molecule has 0 N–H and O–H groups in total. The van der Waals surface area contributed by atoms with Crippen molar-refractivity contribution in [1.82, 2.24) is 14.7 Å². The van der Waals surface area contributed by atoms with Gasteiger partial charge in [-0.3, -0.25) is 14.4 Å². The van der Waals surface area contributed by atoms with Crippen LogP contribution in [0.1, 0.15) is 30.5 Å². The van der Waals surface area contributed by atoms with E-state index in [0.29, 0.717) is 39.1 Å². The Balaban J connectivity index is 1.30. The Bertz CT molecular complexity index is 924. The summed E-state index contributed by atoms with van der Waals surface area (Å²) in [6.45, 7) is 4.61. The fourth-order valence-electron chi connectivity index (χ4n) is 4.50. The van der Waals surface area contributed by atoms with Crippen molar-refractivity contribution >= 4 is 17.7 Å². The van der Waals surface area contributed by atoms with E-state index in [0.717, 1.165) is 11.1 Å². The van der Waals surface area contributed by atoms with E-state index in [1.807, 2.05) is 82.3 Å². The summed E-state index contributed by atoms with van der Waals surface area (Å²) in [4.78, 5) is 43.7. The van der Waals surface area contributed by atoms with Crippen LogP contribution in [0.5, 0.6) is 0 Å². The monoisotopic (exact) mass is 419 g/mol. The van der Waals surface area contributed by atoms with E-state index < -0.39 is 0 Å². The number of carbonyl (C=O) groups is 3. The number of hydrogen-bond donors (Lipinski definition) is 0. The third-order valence-corrected chi connectivity index (χ3v) is 6.40. The Morgan fingerprint density at radius 1 is 0.903 bits per heavy atom. The highest BCUT2D eigenvalue weighted by molar-refractivity contribution is 5.89. The lowest BCUT2D eigenvalue weighted by atomic mass is 10.1. The summed E-state index contributed by atoms with van der Waals surface area (Å²) in [5.74, 6) is -0.139. The molecule has 0 aliphatic carbocycles. The number of piperazine rings is 1. The third kappa shape index (κ3) is 4.79. The molecule has 2 fully saturated rings. The highest BCUT2D eigenvalue weighted by atomic mass is 16.2. The molecule has 4 rings (SSSR count). The Morgan fingerprint density at radius 3 is 2.13 bits per heavy atom. The van der Waals surface area contributed by atoms with Crippen molar-refractivity contribution in [2.45, 2.75) is 25.8 Å². The molecule has 3 amide bonds. The van der Waals surface area contributed by atoms with Crippen molar-refractivity contribution in [3.63, 3.8) is 0 Å². The summed E-state index contributed by atoms with van der Waals surface area (Å²) < 4.78 is 0. The number of benzene rings is 2. The van der Waals surface area contributed by atoms with Crippen LogP contribution in [-0.2, 0) is 20.8 Å². The molecule has 0 aromatic heterocycles. The maximum absolute atomic E-state index is 13.1. The second-order valence-corrected chi connectivity index (χ2v) is 8.40. The normalized spacial score (nSPS) is 20.1. The Hall–Kier alpha value is -3.15. The number of rotatable bonds is 5. The topological polar surface area (TPSA) is 60.9 Å². The number of likely N-dealkylation sites (tertiary alicyclic amines) is 1. The number of nitrogens with zero attached hydrogens (tertiary/aromatic N) is 3. The minimum absolute atomic E-state index is 0.0336. The number of hydrogen-bond acceptors (Lipinski definition) is 3. The van der Waals surface area contributed by atoms with Crippen LogP contribution in [-0.4, -0.2) is 65.1 Å². The van der Waals surface area contributed by atoms with Crippen LogP contribution in [0.25, 0.3) is 0 Å². The summed E-state index contributed by atoms with van der Waals surface area (Å²) in [5, 5.41) is 0. The average molecular weight is 420 g/mol. The van der Waals surface area contributed by atoms with Gasteiger partial charge in [0.25, 0.3) is 0 Å². The van der Waals surface area contributed by atoms with Gasteiger partial charge < -0.3 is 14.7 Å². The molecule has 2 atom stereocenters.